The molecule has 1 fully saturated rings. The monoisotopic (exact) mass is 302 g/mol. The zero-order valence-corrected chi connectivity index (χ0v) is 11.7. The highest BCUT2D eigenvalue weighted by Gasteiger charge is 2.42. The molecule has 0 spiro atoms. The molecule has 3 N–H and O–H groups in total. The van der Waals surface area contributed by atoms with Crippen molar-refractivity contribution in [3.05, 3.63) is 0 Å². The summed E-state index contributed by atoms with van der Waals surface area (Å²) >= 11 is 0. The molecule has 1 unspecified atom stereocenters. The van der Waals surface area contributed by atoms with Gasteiger partial charge in [-0.05, 0) is 38.0 Å². The van der Waals surface area contributed by atoms with E-state index in [2.05, 4.69) is 5.43 Å². The van der Waals surface area contributed by atoms with E-state index in [9.17, 15) is 21.6 Å². The Labute approximate surface area is 111 Å². The molecule has 1 aliphatic carbocycles. The van der Waals surface area contributed by atoms with Gasteiger partial charge in [0.15, 0.2) is 0 Å². The zero-order chi connectivity index (χ0) is 14.7. The molecule has 0 heterocycles. The van der Waals surface area contributed by atoms with E-state index in [1.165, 1.54) is 0 Å². The van der Waals surface area contributed by atoms with Gasteiger partial charge in [0.25, 0.3) is 0 Å². The maximum Gasteiger partial charge on any atom is 0.391 e. The number of rotatable bonds is 5. The molecule has 8 heteroatoms. The van der Waals surface area contributed by atoms with E-state index in [-0.39, 0.29) is 30.6 Å². The Morgan fingerprint density at radius 2 is 1.79 bits per heavy atom. The second-order valence-electron chi connectivity index (χ2n) is 5.35. The molecule has 0 radical (unpaired) electrons. The standard InChI is InChI=1S/C11H21F3N2O2S/c1-19(17,18)7-6-10(16-15)8-2-4-9(5-3-8)11(12,13)14/h8-10,16H,2-7,15H2,1H3. The Bertz CT molecular complexity index is 376. The van der Waals surface area contributed by atoms with Gasteiger partial charge in [-0.1, -0.05) is 0 Å². The Morgan fingerprint density at radius 3 is 2.16 bits per heavy atom. The highest BCUT2D eigenvalue weighted by Crippen LogP contribution is 2.40. The third kappa shape index (κ3) is 5.66. The zero-order valence-electron chi connectivity index (χ0n) is 10.9. The molecule has 0 bridgehead atoms. The number of hydrazine groups is 1. The van der Waals surface area contributed by atoms with Gasteiger partial charge >= 0.3 is 6.18 Å². The second-order valence-corrected chi connectivity index (χ2v) is 7.60. The van der Waals surface area contributed by atoms with E-state index in [0.29, 0.717) is 19.3 Å². The maximum atomic E-state index is 12.5. The number of alkyl halides is 3. The van der Waals surface area contributed by atoms with Crippen molar-refractivity contribution in [2.75, 3.05) is 12.0 Å². The number of hydrogen-bond donors (Lipinski definition) is 2. The molecule has 1 rings (SSSR count). The predicted octanol–water partition coefficient (Wildman–Crippen LogP) is 1.62. The summed E-state index contributed by atoms with van der Waals surface area (Å²) in [5.41, 5.74) is 2.55. The third-order valence-electron chi connectivity index (χ3n) is 3.82. The first-order valence-electron chi connectivity index (χ1n) is 6.34. The summed E-state index contributed by atoms with van der Waals surface area (Å²) < 4.78 is 59.8. The Morgan fingerprint density at radius 1 is 1.26 bits per heavy atom. The maximum absolute atomic E-state index is 12.5. The first-order valence-corrected chi connectivity index (χ1v) is 8.40. The highest BCUT2D eigenvalue weighted by molar-refractivity contribution is 7.90. The van der Waals surface area contributed by atoms with Crippen LogP contribution in [0.1, 0.15) is 32.1 Å². The van der Waals surface area contributed by atoms with Crippen LogP contribution in [0.15, 0.2) is 0 Å². The summed E-state index contributed by atoms with van der Waals surface area (Å²) in [6.45, 7) is 0. The van der Waals surface area contributed by atoms with Gasteiger partial charge in [-0.15, -0.1) is 0 Å². The lowest BCUT2D eigenvalue weighted by molar-refractivity contribution is -0.184. The number of hydrogen-bond acceptors (Lipinski definition) is 4. The quantitative estimate of drug-likeness (QED) is 0.598. The molecule has 0 aromatic heterocycles. The van der Waals surface area contributed by atoms with Gasteiger partial charge in [0.1, 0.15) is 9.84 Å². The molecule has 0 aromatic carbocycles. The summed E-state index contributed by atoms with van der Waals surface area (Å²) in [6, 6.07) is -0.232. The second kappa shape index (κ2) is 6.41. The fourth-order valence-electron chi connectivity index (χ4n) is 2.65. The molecular weight excluding hydrogens is 281 g/mol. The van der Waals surface area contributed by atoms with Crippen LogP contribution in [0.5, 0.6) is 0 Å². The van der Waals surface area contributed by atoms with Crippen molar-refractivity contribution < 1.29 is 21.6 Å². The minimum absolute atomic E-state index is 0.00106. The Hall–Kier alpha value is -0.340. The predicted molar refractivity (Wildman–Crippen MR) is 66.9 cm³/mol. The summed E-state index contributed by atoms with van der Waals surface area (Å²) in [7, 11) is -3.08. The first kappa shape index (κ1) is 16.7. The van der Waals surface area contributed by atoms with Crippen molar-refractivity contribution in [3.8, 4) is 0 Å². The molecule has 19 heavy (non-hydrogen) atoms. The van der Waals surface area contributed by atoms with E-state index in [1.54, 1.807) is 0 Å². The van der Waals surface area contributed by atoms with E-state index >= 15 is 0 Å². The van der Waals surface area contributed by atoms with Crippen LogP contribution in [0.3, 0.4) is 0 Å². The lowest BCUT2D eigenvalue weighted by atomic mass is 9.78. The van der Waals surface area contributed by atoms with Crippen LogP contribution in [0, 0.1) is 11.8 Å². The summed E-state index contributed by atoms with van der Waals surface area (Å²) in [5, 5.41) is 0. The van der Waals surface area contributed by atoms with Crippen molar-refractivity contribution in [2.45, 2.75) is 44.3 Å². The molecule has 0 saturated heterocycles. The van der Waals surface area contributed by atoms with Crippen LogP contribution in [-0.4, -0.2) is 32.6 Å². The van der Waals surface area contributed by atoms with Gasteiger partial charge in [0.05, 0.1) is 11.7 Å². The SMILES string of the molecule is CS(=O)(=O)CCC(NN)C1CCC(C(F)(F)F)CC1. The topological polar surface area (TPSA) is 72.2 Å². The number of sulfone groups is 1. The minimum atomic E-state index is -4.12. The van der Waals surface area contributed by atoms with Crippen LogP contribution in [0.2, 0.25) is 0 Å². The molecule has 1 aliphatic rings. The van der Waals surface area contributed by atoms with Crippen molar-refractivity contribution in [2.24, 2.45) is 17.7 Å². The van der Waals surface area contributed by atoms with Crippen molar-refractivity contribution >= 4 is 9.84 Å². The van der Waals surface area contributed by atoms with Crippen LogP contribution in [0.25, 0.3) is 0 Å². The molecule has 1 saturated carbocycles. The van der Waals surface area contributed by atoms with Gasteiger partial charge < -0.3 is 0 Å². The lowest BCUT2D eigenvalue weighted by Crippen LogP contribution is -2.44. The Kier molecular flexibility index (Phi) is 5.64. The fourth-order valence-corrected chi connectivity index (χ4v) is 3.33. The van der Waals surface area contributed by atoms with E-state index in [4.69, 9.17) is 5.84 Å². The van der Waals surface area contributed by atoms with E-state index in [1.807, 2.05) is 0 Å². The normalized spacial score (nSPS) is 27.2. The average molecular weight is 302 g/mol. The number of halogens is 3. The van der Waals surface area contributed by atoms with Crippen molar-refractivity contribution in [3.63, 3.8) is 0 Å². The third-order valence-corrected chi connectivity index (χ3v) is 4.79. The average Bonchev–Trinajstić information content (AvgIpc) is 2.28. The number of nitrogens with one attached hydrogen (secondary N) is 1. The van der Waals surface area contributed by atoms with E-state index < -0.39 is 21.9 Å². The summed E-state index contributed by atoms with van der Waals surface area (Å²) in [5.74, 6) is 4.18. The van der Waals surface area contributed by atoms with Crippen LogP contribution in [-0.2, 0) is 9.84 Å². The van der Waals surface area contributed by atoms with Crippen LogP contribution < -0.4 is 11.3 Å². The molecular formula is C11H21F3N2O2S. The highest BCUT2D eigenvalue weighted by atomic mass is 32.2. The molecule has 0 aromatic rings. The minimum Gasteiger partial charge on any atom is -0.271 e. The fraction of sp³-hybridized carbons (Fsp3) is 1.00. The van der Waals surface area contributed by atoms with Gasteiger partial charge in [-0.2, -0.15) is 13.2 Å². The van der Waals surface area contributed by atoms with Gasteiger partial charge in [0.2, 0.25) is 0 Å². The van der Waals surface area contributed by atoms with E-state index in [0.717, 1.165) is 6.26 Å². The van der Waals surface area contributed by atoms with Crippen LogP contribution in [0.4, 0.5) is 13.2 Å². The summed E-state index contributed by atoms with van der Waals surface area (Å²) in [4.78, 5) is 0. The molecule has 0 amide bonds. The van der Waals surface area contributed by atoms with Crippen LogP contribution >= 0.6 is 0 Å². The first-order chi connectivity index (χ1) is 8.63. The van der Waals surface area contributed by atoms with Crippen molar-refractivity contribution in [1.29, 1.82) is 0 Å². The summed E-state index contributed by atoms with van der Waals surface area (Å²) in [6.07, 6.45) is -1.57. The largest absolute Gasteiger partial charge is 0.391 e. The Balaban J connectivity index is 2.48. The van der Waals surface area contributed by atoms with Gasteiger partial charge in [-0.25, -0.2) is 8.42 Å². The molecule has 1 atom stereocenters. The van der Waals surface area contributed by atoms with Gasteiger partial charge in [0, 0.05) is 12.3 Å². The smallest absolute Gasteiger partial charge is 0.271 e. The lowest BCUT2D eigenvalue weighted by Gasteiger charge is -2.34. The molecule has 4 nitrogen and oxygen atoms in total. The molecule has 114 valence electrons. The number of nitrogens with two attached hydrogens (primary N) is 1. The molecule has 0 aliphatic heterocycles. The van der Waals surface area contributed by atoms with Gasteiger partial charge in [-0.3, -0.25) is 11.3 Å². The van der Waals surface area contributed by atoms with Crippen molar-refractivity contribution in [1.82, 2.24) is 5.43 Å².